The molecule has 1 N–H and O–H groups in total. The molecular formula is C31H29N3O3. The highest BCUT2D eigenvalue weighted by atomic mass is 16.5. The summed E-state index contributed by atoms with van der Waals surface area (Å²) in [6.07, 6.45) is 3.51. The van der Waals surface area contributed by atoms with Crippen molar-refractivity contribution in [3.05, 3.63) is 102 Å². The Balaban J connectivity index is 1.33. The normalized spacial score (nSPS) is 17.7. The van der Waals surface area contributed by atoms with Crippen LogP contribution in [-0.4, -0.2) is 25.6 Å². The lowest BCUT2D eigenvalue weighted by atomic mass is 9.78. The molecule has 0 bridgehead atoms. The van der Waals surface area contributed by atoms with Crippen molar-refractivity contribution in [2.45, 2.75) is 44.8 Å². The first kappa shape index (κ1) is 23.2. The third-order valence-corrected chi connectivity index (χ3v) is 7.39. The minimum absolute atomic E-state index is 0.103. The SMILES string of the molecule is O=C(O)[C@H]1CCCC[C@H]1c1nc2cc(OCc3ccc4ccccc4n3)ccc2n1Cc1ccccc1. The summed E-state index contributed by atoms with van der Waals surface area (Å²) in [4.78, 5) is 21.8. The highest BCUT2D eigenvalue weighted by molar-refractivity contribution is 5.79. The zero-order valence-electron chi connectivity index (χ0n) is 20.6. The van der Waals surface area contributed by atoms with Gasteiger partial charge in [0.25, 0.3) is 0 Å². The minimum atomic E-state index is -0.727. The fraction of sp³-hybridized carbons (Fsp3) is 0.258. The highest BCUT2D eigenvalue weighted by Gasteiger charge is 2.35. The second kappa shape index (κ2) is 10.1. The molecule has 1 aliphatic rings. The van der Waals surface area contributed by atoms with Crippen molar-refractivity contribution < 1.29 is 14.6 Å². The van der Waals surface area contributed by atoms with Gasteiger partial charge in [-0.05, 0) is 42.7 Å². The number of aliphatic carboxylic acids is 1. The summed E-state index contributed by atoms with van der Waals surface area (Å²) in [6.45, 7) is 1.01. The number of aromatic nitrogens is 3. The van der Waals surface area contributed by atoms with Crippen molar-refractivity contribution in [3.8, 4) is 5.75 Å². The van der Waals surface area contributed by atoms with Gasteiger partial charge in [0, 0.05) is 23.9 Å². The van der Waals surface area contributed by atoms with E-state index in [1.165, 1.54) is 0 Å². The van der Waals surface area contributed by atoms with E-state index in [4.69, 9.17) is 14.7 Å². The number of rotatable bonds is 7. The van der Waals surface area contributed by atoms with Crippen LogP contribution in [0.25, 0.3) is 21.9 Å². The Morgan fingerprint density at radius 1 is 0.892 bits per heavy atom. The van der Waals surface area contributed by atoms with Crippen LogP contribution < -0.4 is 4.74 Å². The Bertz CT molecular complexity index is 1560. The highest BCUT2D eigenvalue weighted by Crippen LogP contribution is 2.39. The van der Waals surface area contributed by atoms with Crippen molar-refractivity contribution in [2.24, 2.45) is 5.92 Å². The molecule has 6 nitrogen and oxygen atoms in total. The number of imidazole rings is 1. The van der Waals surface area contributed by atoms with Crippen LogP contribution in [0.1, 0.15) is 48.7 Å². The number of para-hydroxylation sites is 1. The first-order valence-corrected chi connectivity index (χ1v) is 12.9. The Hall–Kier alpha value is -4.19. The standard InChI is InChI=1S/C31H29N3O3/c35-31(36)26-12-6-5-11-25(26)30-33-28-18-24(16-17-29(28)34(30)19-21-8-2-1-3-9-21)37-20-23-15-14-22-10-4-7-13-27(22)32-23/h1-4,7-10,13-18,25-26H,5-6,11-12,19-20H2,(H,35,36)/t25-,26+/m1/s1. The number of fused-ring (bicyclic) bond motifs is 2. The third-order valence-electron chi connectivity index (χ3n) is 7.39. The fourth-order valence-electron chi connectivity index (χ4n) is 5.51. The van der Waals surface area contributed by atoms with Gasteiger partial charge in [-0.1, -0.05) is 67.4 Å². The second-order valence-corrected chi connectivity index (χ2v) is 9.81. The monoisotopic (exact) mass is 491 g/mol. The number of hydrogen-bond acceptors (Lipinski definition) is 4. The first-order chi connectivity index (χ1) is 18.2. The van der Waals surface area contributed by atoms with Gasteiger partial charge in [-0.2, -0.15) is 0 Å². The zero-order chi connectivity index (χ0) is 25.2. The van der Waals surface area contributed by atoms with Crippen molar-refractivity contribution in [1.29, 1.82) is 0 Å². The maximum Gasteiger partial charge on any atom is 0.307 e. The summed E-state index contributed by atoms with van der Waals surface area (Å²) >= 11 is 0. The number of carboxylic acids is 1. The molecule has 0 saturated heterocycles. The summed E-state index contributed by atoms with van der Waals surface area (Å²) in [5, 5.41) is 11.1. The van der Waals surface area contributed by atoms with Gasteiger partial charge in [0.05, 0.1) is 28.2 Å². The Labute approximate surface area is 215 Å². The summed E-state index contributed by atoms with van der Waals surface area (Å²) < 4.78 is 8.32. The van der Waals surface area contributed by atoms with Crippen LogP contribution in [0.3, 0.4) is 0 Å². The van der Waals surface area contributed by atoms with Crippen LogP contribution >= 0.6 is 0 Å². The van der Waals surface area contributed by atoms with Crippen LogP contribution in [0.15, 0.2) is 84.9 Å². The van der Waals surface area contributed by atoms with Crippen molar-refractivity contribution in [1.82, 2.24) is 14.5 Å². The van der Waals surface area contributed by atoms with E-state index in [0.29, 0.717) is 19.6 Å². The lowest BCUT2D eigenvalue weighted by Gasteiger charge is -2.28. The molecule has 6 rings (SSSR count). The van der Waals surface area contributed by atoms with Gasteiger partial charge in [-0.3, -0.25) is 4.79 Å². The lowest BCUT2D eigenvalue weighted by Crippen LogP contribution is -2.27. The number of hydrogen-bond donors (Lipinski definition) is 1. The zero-order valence-corrected chi connectivity index (χ0v) is 20.6. The average Bonchev–Trinajstić information content (AvgIpc) is 3.29. The number of pyridine rings is 1. The van der Waals surface area contributed by atoms with E-state index in [2.05, 4.69) is 22.8 Å². The molecular weight excluding hydrogens is 462 g/mol. The second-order valence-electron chi connectivity index (χ2n) is 9.81. The maximum absolute atomic E-state index is 12.1. The number of nitrogens with zero attached hydrogens (tertiary/aromatic N) is 3. The van der Waals surface area contributed by atoms with Gasteiger partial charge in [-0.15, -0.1) is 0 Å². The largest absolute Gasteiger partial charge is 0.487 e. The van der Waals surface area contributed by atoms with Gasteiger partial charge in [0.15, 0.2) is 0 Å². The van der Waals surface area contributed by atoms with E-state index in [1.807, 2.05) is 66.7 Å². The summed E-state index contributed by atoms with van der Waals surface area (Å²) in [5.41, 5.74) is 4.78. The molecule has 0 amide bonds. The molecule has 3 aromatic carbocycles. The van der Waals surface area contributed by atoms with Crippen LogP contribution in [0.5, 0.6) is 5.75 Å². The lowest BCUT2D eigenvalue weighted by molar-refractivity contribution is -0.143. The topological polar surface area (TPSA) is 77.2 Å². The van der Waals surface area contributed by atoms with E-state index in [0.717, 1.165) is 64.0 Å². The van der Waals surface area contributed by atoms with E-state index in [9.17, 15) is 9.90 Å². The summed E-state index contributed by atoms with van der Waals surface area (Å²) in [6, 6.07) is 28.3. The number of ether oxygens (including phenoxy) is 1. The minimum Gasteiger partial charge on any atom is -0.487 e. The predicted molar refractivity (Wildman–Crippen MR) is 144 cm³/mol. The molecule has 2 aromatic heterocycles. The molecule has 2 heterocycles. The molecule has 0 aliphatic heterocycles. The predicted octanol–water partition coefficient (Wildman–Crippen LogP) is 6.57. The van der Waals surface area contributed by atoms with Gasteiger partial charge < -0.3 is 14.4 Å². The maximum atomic E-state index is 12.1. The average molecular weight is 492 g/mol. The van der Waals surface area contributed by atoms with E-state index in [1.54, 1.807) is 0 Å². The van der Waals surface area contributed by atoms with Gasteiger partial charge in [-0.25, -0.2) is 9.97 Å². The van der Waals surface area contributed by atoms with Crippen LogP contribution in [0.4, 0.5) is 0 Å². The van der Waals surface area contributed by atoms with Gasteiger partial charge >= 0.3 is 5.97 Å². The van der Waals surface area contributed by atoms with Gasteiger partial charge in [0.1, 0.15) is 18.2 Å². The van der Waals surface area contributed by atoms with Crippen molar-refractivity contribution >= 4 is 27.9 Å². The molecule has 1 aliphatic carbocycles. The van der Waals surface area contributed by atoms with Crippen LogP contribution in [0, 0.1) is 5.92 Å². The molecule has 5 aromatic rings. The summed E-state index contributed by atoms with van der Waals surface area (Å²) in [5.74, 6) is 0.342. The van der Waals surface area contributed by atoms with Crippen LogP contribution in [0.2, 0.25) is 0 Å². The molecule has 6 heteroatoms. The number of carboxylic acid groups (broad SMARTS) is 1. The van der Waals surface area contributed by atoms with Crippen LogP contribution in [-0.2, 0) is 17.9 Å². The van der Waals surface area contributed by atoms with E-state index >= 15 is 0 Å². The third kappa shape index (κ3) is 4.79. The molecule has 37 heavy (non-hydrogen) atoms. The van der Waals surface area contributed by atoms with E-state index < -0.39 is 11.9 Å². The quantitative estimate of drug-likeness (QED) is 0.279. The molecule has 1 fully saturated rings. The molecule has 0 radical (unpaired) electrons. The Morgan fingerprint density at radius 3 is 2.57 bits per heavy atom. The molecule has 186 valence electrons. The molecule has 0 unspecified atom stereocenters. The number of carbonyl (C=O) groups is 1. The summed E-state index contributed by atoms with van der Waals surface area (Å²) in [7, 11) is 0. The van der Waals surface area contributed by atoms with Crippen molar-refractivity contribution in [2.75, 3.05) is 0 Å². The van der Waals surface area contributed by atoms with Gasteiger partial charge in [0.2, 0.25) is 0 Å². The molecule has 2 atom stereocenters. The Morgan fingerprint density at radius 2 is 1.70 bits per heavy atom. The fourth-order valence-corrected chi connectivity index (χ4v) is 5.51. The molecule has 1 saturated carbocycles. The van der Waals surface area contributed by atoms with Crippen molar-refractivity contribution in [3.63, 3.8) is 0 Å². The Kier molecular flexibility index (Phi) is 6.31. The first-order valence-electron chi connectivity index (χ1n) is 12.9. The van der Waals surface area contributed by atoms with E-state index in [-0.39, 0.29) is 5.92 Å². The molecule has 0 spiro atoms. The number of benzene rings is 3. The smallest absolute Gasteiger partial charge is 0.307 e.